The van der Waals surface area contributed by atoms with E-state index in [1.54, 1.807) is 12.1 Å². The van der Waals surface area contributed by atoms with Crippen LogP contribution in [-0.4, -0.2) is 44.3 Å². The molecule has 0 heterocycles. The Morgan fingerprint density at radius 3 is 2.10 bits per heavy atom. The number of nitrogens with one attached hydrogen (secondary N) is 1. The van der Waals surface area contributed by atoms with E-state index in [-0.39, 0.29) is 17.7 Å². The van der Waals surface area contributed by atoms with Crippen molar-refractivity contribution in [2.45, 2.75) is 12.8 Å². The van der Waals surface area contributed by atoms with Crippen LogP contribution in [0.4, 0.5) is 13.2 Å². The Kier molecular flexibility index (Phi) is 7.93. The van der Waals surface area contributed by atoms with Gasteiger partial charge in [-0.05, 0) is 42.0 Å². The number of methoxy groups -OCH3 is 1. The van der Waals surface area contributed by atoms with Crippen molar-refractivity contribution in [3.05, 3.63) is 65.2 Å². The topological polar surface area (TPSA) is 90.9 Å². The van der Waals surface area contributed by atoms with E-state index in [1.165, 1.54) is 43.5 Å². The summed E-state index contributed by atoms with van der Waals surface area (Å²) in [6.45, 7) is -2.33. The third-order valence-electron chi connectivity index (χ3n) is 3.66. The smallest absolute Gasteiger partial charge is 0.411 e. The van der Waals surface area contributed by atoms with E-state index in [0.717, 1.165) is 0 Å². The van der Waals surface area contributed by atoms with Crippen molar-refractivity contribution in [3.63, 3.8) is 0 Å². The van der Waals surface area contributed by atoms with E-state index >= 15 is 0 Å². The van der Waals surface area contributed by atoms with E-state index in [4.69, 9.17) is 9.47 Å². The number of rotatable bonds is 8. The van der Waals surface area contributed by atoms with E-state index in [0.29, 0.717) is 11.3 Å². The molecule has 2 aromatic carbocycles. The summed E-state index contributed by atoms with van der Waals surface area (Å²) in [4.78, 5) is 35.7. The SMILES string of the molecule is COc1ccc(C(=O)NC(=O)COC(=O)c2ccc(COCC(F)(F)F)cc2)cc1. The van der Waals surface area contributed by atoms with E-state index in [9.17, 15) is 27.6 Å². The second kappa shape index (κ2) is 10.4. The highest BCUT2D eigenvalue weighted by Crippen LogP contribution is 2.16. The summed E-state index contributed by atoms with van der Waals surface area (Å²) in [6, 6.07) is 11.5. The van der Waals surface area contributed by atoms with Crippen molar-refractivity contribution in [1.82, 2.24) is 5.32 Å². The van der Waals surface area contributed by atoms with E-state index in [1.807, 2.05) is 0 Å². The Morgan fingerprint density at radius 2 is 1.53 bits per heavy atom. The molecule has 2 aromatic rings. The zero-order valence-corrected chi connectivity index (χ0v) is 15.8. The summed E-state index contributed by atoms with van der Waals surface area (Å²) in [6.07, 6.45) is -4.42. The number of halogens is 3. The molecule has 2 amide bonds. The predicted molar refractivity (Wildman–Crippen MR) is 97.9 cm³/mol. The normalized spacial score (nSPS) is 10.9. The summed E-state index contributed by atoms with van der Waals surface area (Å²) in [5.41, 5.74) is 0.737. The van der Waals surface area contributed by atoms with Crippen molar-refractivity contribution in [1.29, 1.82) is 0 Å². The Hall–Kier alpha value is -3.40. The number of benzene rings is 2. The van der Waals surface area contributed by atoms with Crippen LogP contribution in [0.1, 0.15) is 26.3 Å². The van der Waals surface area contributed by atoms with Gasteiger partial charge in [0.15, 0.2) is 6.61 Å². The minimum absolute atomic E-state index is 0.0869. The quantitative estimate of drug-likeness (QED) is 0.654. The summed E-state index contributed by atoms with van der Waals surface area (Å²) < 4.78 is 50.4. The fraction of sp³-hybridized carbons (Fsp3) is 0.250. The highest BCUT2D eigenvalue weighted by molar-refractivity contribution is 6.05. The van der Waals surface area contributed by atoms with Crippen molar-refractivity contribution in [2.75, 3.05) is 20.3 Å². The first-order chi connectivity index (χ1) is 14.2. The summed E-state index contributed by atoms with van der Waals surface area (Å²) in [7, 11) is 1.47. The minimum Gasteiger partial charge on any atom is -0.497 e. The molecule has 7 nitrogen and oxygen atoms in total. The maximum atomic E-state index is 12.0. The molecule has 0 aliphatic rings. The fourth-order valence-electron chi connectivity index (χ4n) is 2.21. The van der Waals surface area contributed by atoms with Crippen LogP contribution in [0.25, 0.3) is 0 Å². The molecule has 30 heavy (non-hydrogen) atoms. The molecule has 0 aromatic heterocycles. The summed E-state index contributed by atoms with van der Waals surface area (Å²) in [5, 5.41) is 2.08. The highest BCUT2D eigenvalue weighted by Gasteiger charge is 2.27. The second-order valence-electron chi connectivity index (χ2n) is 5.99. The largest absolute Gasteiger partial charge is 0.497 e. The lowest BCUT2D eigenvalue weighted by atomic mass is 10.1. The molecule has 0 aliphatic heterocycles. The molecule has 0 spiro atoms. The van der Waals surface area contributed by atoms with Gasteiger partial charge in [-0.1, -0.05) is 12.1 Å². The number of carbonyl (C=O) groups is 3. The average Bonchev–Trinajstić information content (AvgIpc) is 2.71. The number of ether oxygens (including phenoxy) is 3. The molecule has 0 fully saturated rings. The van der Waals surface area contributed by atoms with Crippen LogP contribution in [0.15, 0.2) is 48.5 Å². The van der Waals surface area contributed by atoms with Gasteiger partial charge < -0.3 is 14.2 Å². The van der Waals surface area contributed by atoms with Crippen LogP contribution in [0.3, 0.4) is 0 Å². The van der Waals surface area contributed by atoms with Crippen molar-refractivity contribution < 1.29 is 41.8 Å². The number of amides is 2. The first-order valence-corrected chi connectivity index (χ1v) is 8.57. The molecule has 0 aliphatic carbocycles. The fourth-order valence-corrected chi connectivity index (χ4v) is 2.21. The molecule has 160 valence electrons. The summed E-state index contributed by atoms with van der Waals surface area (Å²) >= 11 is 0. The molecule has 0 saturated carbocycles. The molecule has 2 rings (SSSR count). The van der Waals surface area contributed by atoms with Crippen LogP contribution in [0.2, 0.25) is 0 Å². The number of hydrogen-bond donors (Lipinski definition) is 1. The van der Waals surface area contributed by atoms with Crippen LogP contribution in [0.5, 0.6) is 5.75 Å². The first kappa shape index (κ1) is 22.9. The third-order valence-corrected chi connectivity index (χ3v) is 3.66. The molecule has 1 N–H and O–H groups in total. The van der Waals surface area contributed by atoms with Gasteiger partial charge in [-0.3, -0.25) is 14.9 Å². The zero-order valence-electron chi connectivity index (χ0n) is 15.8. The molecule has 0 bridgehead atoms. The van der Waals surface area contributed by atoms with Gasteiger partial charge in [-0.15, -0.1) is 0 Å². The Bertz CT molecular complexity index is 879. The molecule has 0 unspecified atom stereocenters. The standard InChI is InChI=1S/C20H18F3NO6/c1-28-16-8-6-14(7-9-16)18(26)24-17(25)11-30-19(27)15-4-2-13(3-5-15)10-29-12-20(21,22)23/h2-9H,10-12H2,1H3,(H,24,25,26). The Labute approximate surface area is 169 Å². The monoisotopic (exact) mass is 425 g/mol. The van der Waals surface area contributed by atoms with Crippen LogP contribution in [0, 0.1) is 0 Å². The second-order valence-corrected chi connectivity index (χ2v) is 5.99. The van der Waals surface area contributed by atoms with Gasteiger partial charge in [0.05, 0.1) is 19.3 Å². The Balaban J connectivity index is 1.78. The number of imide groups is 1. The zero-order chi connectivity index (χ0) is 22.1. The molecular weight excluding hydrogens is 407 g/mol. The lowest BCUT2D eigenvalue weighted by molar-refractivity contribution is -0.176. The van der Waals surface area contributed by atoms with Crippen molar-refractivity contribution >= 4 is 17.8 Å². The molecule has 0 saturated heterocycles. The van der Waals surface area contributed by atoms with Crippen LogP contribution >= 0.6 is 0 Å². The summed E-state index contributed by atoms with van der Waals surface area (Å²) in [5.74, 6) is -1.77. The molecule has 0 radical (unpaired) electrons. The van der Waals surface area contributed by atoms with Crippen molar-refractivity contribution in [3.8, 4) is 5.75 Å². The van der Waals surface area contributed by atoms with Gasteiger partial charge in [-0.2, -0.15) is 13.2 Å². The number of esters is 1. The van der Waals surface area contributed by atoms with Crippen molar-refractivity contribution in [2.24, 2.45) is 0 Å². The van der Waals surface area contributed by atoms with E-state index < -0.39 is 37.2 Å². The van der Waals surface area contributed by atoms with Crippen LogP contribution in [-0.2, 0) is 20.9 Å². The first-order valence-electron chi connectivity index (χ1n) is 8.57. The van der Waals surface area contributed by atoms with Crippen LogP contribution < -0.4 is 10.1 Å². The van der Waals surface area contributed by atoms with E-state index in [2.05, 4.69) is 10.1 Å². The molecule has 0 atom stereocenters. The maximum absolute atomic E-state index is 12.0. The van der Waals surface area contributed by atoms with Gasteiger partial charge in [0.1, 0.15) is 12.4 Å². The minimum atomic E-state index is -4.42. The lowest BCUT2D eigenvalue weighted by Gasteiger charge is -2.08. The molecule has 10 heteroatoms. The maximum Gasteiger partial charge on any atom is 0.411 e. The van der Waals surface area contributed by atoms with Gasteiger partial charge in [0.2, 0.25) is 0 Å². The third kappa shape index (κ3) is 7.55. The number of alkyl halides is 3. The highest BCUT2D eigenvalue weighted by atomic mass is 19.4. The molecular formula is C20H18F3NO6. The van der Waals surface area contributed by atoms with Gasteiger partial charge >= 0.3 is 12.1 Å². The number of hydrogen-bond acceptors (Lipinski definition) is 6. The van der Waals surface area contributed by atoms with Gasteiger partial charge in [0.25, 0.3) is 11.8 Å². The number of carbonyl (C=O) groups excluding carboxylic acids is 3. The Morgan fingerprint density at radius 1 is 0.933 bits per heavy atom. The van der Waals surface area contributed by atoms with Gasteiger partial charge in [-0.25, -0.2) is 4.79 Å². The predicted octanol–water partition coefficient (Wildman–Crippen LogP) is 2.89. The van der Waals surface area contributed by atoms with Gasteiger partial charge in [0, 0.05) is 5.56 Å². The average molecular weight is 425 g/mol. The lowest BCUT2D eigenvalue weighted by Crippen LogP contribution is -2.34.